The number of hydrogen-bond donors (Lipinski definition) is 0. The van der Waals surface area contributed by atoms with Crippen LogP contribution < -0.4 is 0 Å². The Bertz CT molecular complexity index is 150. The molecule has 0 radical (unpaired) electrons. The standard InChI is InChI=1S/C10H18O2/c1-4-12-7-5-6-10(11)8-9(2)3/h2,4-8H2,1,3H3. The molecule has 0 bridgehead atoms. The number of rotatable bonds is 7. The maximum Gasteiger partial charge on any atom is 0.136 e. The number of Topliss-reactive ketones (excluding diaryl/α,β-unsaturated/α-hetero) is 1. The first-order chi connectivity index (χ1) is 5.66. The van der Waals surface area contributed by atoms with Gasteiger partial charge in [-0.3, -0.25) is 4.79 Å². The van der Waals surface area contributed by atoms with Crippen LogP contribution in [-0.2, 0) is 9.53 Å². The lowest BCUT2D eigenvalue weighted by molar-refractivity contribution is -0.118. The van der Waals surface area contributed by atoms with Crippen LogP contribution in [0.2, 0.25) is 0 Å². The quantitative estimate of drug-likeness (QED) is 0.433. The highest BCUT2D eigenvalue weighted by molar-refractivity contribution is 5.80. The Morgan fingerprint density at radius 3 is 2.67 bits per heavy atom. The van der Waals surface area contributed by atoms with Crippen LogP contribution in [0.4, 0.5) is 0 Å². The molecule has 2 heteroatoms. The van der Waals surface area contributed by atoms with Crippen LogP contribution >= 0.6 is 0 Å². The third-order valence-corrected chi connectivity index (χ3v) is 1.45. The second-order valence-electron chi connectivity index (χ2n) is 2.97. The highest BCUT2D eigenvalue weighted by Crippen LogP contribution is 2.02. The Labute approximate surface area is 74.6 Å². The van der Waals surface area contributed by atoms with E-state index in [0.717, 1.165) is 18.6 Å². The molecule has 0 rings (SSSR count). The SMILES string of the molecule is C=C(C)CC(=O)CCCOCC. The Balaban J connectivity index is 3.26. The molecule has 0 atom stereocenters. The summed E-state index contributed by atoms with van der Waals surface area (Å²) in [7, 11) is 0. The number of allylic oxidation sites excluding steroid dienone is 1. The molecular weight excluding hydrogens is 152 g/mol. The molecule has 0 aromatic carbocycles. The normalized spacial score (nSPS) is 9.83. The van der Waals surface area contributed by atoms with E-state index in [-0.39, 0.29) is 5.78 Å². The number of carbonyl (C=O) groups excluding carboxylic acids is 1. The van der Waals surface area contributed by atoms with Crippen LogP contribution in [0.5, 0.6) is 0 Å². The third kappa shape index (κ3) is 7.48. The van der Waals surface area contributed by atoms with Crippen LogP contribution in [-0.4, -0.2) is 19.0 Å². The maximum atomic E-state index is 11.1. The summed E-state index contributed by atoms with van der Waals surface area (Å²) in [6.07, 6.45) is 1.97. The first kappa shape index (κ1) is 11.4. The van der Waals surface area contributed by atoms with Gasteiger partial charge in [0.05, 0.1) is 0 Å². The van der Waals surface area contributed by atoms with Gasteiger partial charge in [-0.2, -0.15) is 0 Å². The van der Waals surface area contributed by atoms with E-state index >= 15 is 0 Å². The molecule has 2 nitrogen and oxygen atoms in total. The molecule has 0 saturated carbocycles. The highest BCUT2D eigenvalue weighted by atomic mass is 16.5. The van der Waals surface area contributed by atoms with Crippen LogP contribution in [0.1, 0.15) is 33.1 Å². The molecule has 0 spiro atoms. The van der Waals surface area contributed by atoms with Gasteiger partial charge < -0.3 is 4.74 Å². The first-order valence-corrected chi connectivity index (χ1v) is 4.40. The summed E-state index contributed by atoms with van der Waals surface area (Å²) in [5, 5.41) is 0. The van der Waals surface area contributed by atoms with Crippen molar-refractivity contribution in [2.75, 3.05) is 13.2 Å². The predicted octanol–water partition coefficient (Wildman–Crippen LogP) is 2.34. The van der Waals surface area contributed by atoms with E-state index in [4.69, 9.17) is 4.74 Å². The lowest BCUT2D eigenvalue weighted by Crippen LogP contribution is -2.01. The minimum Gasteiger partial charge on any atom is -0.382 e. The molecule has 12 heavy (non-hydrogen) atoms. The second-order valence-corrected chi connectivity index (χ2v) is 2.97. The van der Waals surface area contributed by atoms with Crippen molar-refractivity contribution in [3.8, 4) is 0 Å². The highest BCUT2D eigenvalue weighted by Gasteiger charge is 2.00. The molecule has 0 aromatic heterocycles. The minimum atomic E-state index is 0.266. The van der Waals surface area contributed by atoms with Gasteiger partial charge in [-0.1, -0.05) is 12.2 Å². The zero-order valence-corrected chi connectivity index (χ0v) is 8.06. The monoisotopic (exact) mass is 170 g/mol. The van der Waals surface area contributed by atoms with Crippen LogP contribution in [0, 0.1) is 0 Å². The summed E-state index contributed by atoms with van der Waals surface area (Å²) in [6.45, 7) is 8.94. The zero-order valence-electron chi connectivity index (χ0n) is 8.06. The Hall–Kier alpha value is -0.630. The summed E-state index contributed by atoms with van der Waals surface area (Å²) in [5.41, 5.74) is 0.941. The predicted molar refractivity (Wildman–Crippen MR) is 50.2 cm³/mol. The Morgan fingerprint density at radius 1 is 1.50 bits per heavy atom. The van der Waals surface area contributed by atoms with Crippen molar-refractivity contribution in [2.45, 2.75) is 33.1 Å². The number of ether oxygens (including phenoxy) is 1. The maximum absolute atomic E-state index is 11.1. The molecular formula is C10H18O2. The van der Waals surface area contributed by atoms with Gasteiger partial charge in [0, 0.05) is 26.1 Å². The third-order valence-electron chi connectivity index (χ3n) is 1.45. The van der Waals surface area contributed by atoms with Gasteiger partial charge in [0.25, 0.3) is 0 Å². The number of hydrogen-bond acceptors (Lipinski definition) is 2. The Kier molecular flexibility index (Phi) is 6.67. The summed E-state index contributed by atoms with van der Waals surface area (Å²) >= 11 is 0. The molecule has 0 aliphatic carbocycles. The Morgan fingerprint density at radius 2 is 2.17 bits per heavy atom. The molecule has 0 aromatic rings. The fourth-order valence-electron chi connectivity index (χ4n) is 0.941. The smallest absolute Gasteiger partial charge is 0.136 e. The molecule has 0 aliphatic rings. The molecule has 0 fully saturated rings. The lowest BCUT2D eigenvalue weighted by atomic mass is 10.1. The van der Waals surface area contributed by atoms with Crippen molar-refractivity contribution in [1.29, 1.82) is 0 Å². The molecule has 0 heterocycles. The number of ketones is 1. The van der Waals surface area contributed by atoms with Crippen molar-refractivity contribution in [2.24, 2.45) is 0 Å². The van der Waals surface area contributed by atoms with Crippen molar-refractivity contribution in [3.05, 3.63) is 12.2 Å². The van der Waals surface area contributed by atoms with Gasteiger partial charge >= 0.3 is 0 Å². The summed E-state index contributed by atoms with van der Waals surface area (Å²) in [4.78, 5) is 11.1. The topological polar surface area (TPSA) is 26.3 Å². The summed E-state index contributed by atoms with van der Waals surface area (Å²) < 4.78 is 5.11. The van der Waals surface area contributed by atoms with Crippen molar-refractivity contribution < 1.29 is 9.53 Å². The van der Waals surface area contributed by atoms with E-state index in [1.807, 2.05) is 13.8 Å². The molecule has 0 aliphatic heterocycles. The lowest BCUT2D eigenvalue weighted by Gasteiger charge is -2.00. The van der Waals surface area contributed by atoms with E-state index in [0.29, 0.717) is 19.4 Å². The van der Waals surface area contributed by atoms with Crippen LogP contribution in [0.3, 0.4) is 0 Å². The second kappa shape index (κ2) is 7.04. The zero-order chi connectivity index (χ0) is 9.40. The van der Waals surface area contributed by atoms with Crippen molar-refractivity contribution in [3.63, 3.8) is 0 Å². The molecule has 0 unspecified atom stereocenters. The largest absolute Gasteiger partial charge is 0.382 e. The first-order valence-electron chi connectivity index (χ1n) is 4.40. The van der Waals surface area contributed by atoms with Crippen molar-refractivity contribution in [1.82, 2.24) is 0 Å². The fraction of sp³-hybridized carbons (Fsp3) is 0.700. The fourth-order valence-corrected chi connectivity index (χ4v) is 0.941. The van der Waals surface area contributed by atoms with Gasteiger partial charge in [-0.25, -0.2) is 0 Å². The molecule has 70 valence electrons. The minimum absolute atomic E-state index is 0.266. The van der Waals surface area contributed by atoms with E-state index in [9.17, 15) is 4.79 Å². The van der Waals surface area contributed by atoms with Gasteiger partial charge in [0.1, 0.15) is 5.78 Å². The van der Waals surface area contributed by atoms with E-state index in [1.165, 1.54) is 0 Å². The molecule has 0 saturated heterocycles. The average molecular weight is 170 g/mol. The van der Waals surface area contributed by atoms with E-state index in [1.54, 1.807) is 0 Å². The van der Waals surface area contributed by atoms with Gasteiger partial charge in [-0.15, -0.1) is 0 Å². The van der Waals surface area contributed by atoms with Gasteiger partial charge in [0.15, 0.2) is 0 Å². The molecule has 0 amide bonds. The number of carbonyl (C=O) groups is 1. The average Bonchev–Trinajstić information content (AvgIpc) is 1.97. The molecule has 0 N–H and O–H groups in total. The van der Waals surface area contributed by atoms with Crippen LogP contribution in [0.25, 0.3) is 0 Å². The summed E-state index contributed by atoms with van der Waals surface area (Å²) in [5.74, 6) is 0.266. The van der Waals surface area contributed by atoms with Crippen molar-refractivity contribution >= 4 is 5.78 Å². The van der Waals surface area contributed by atoms with Crippen LogP contribution in [0.15, 0.2) is 12.2 Å². The summed E-state index contributed by atoms with van der Waals surface area (Å²) in [6, 6.07) is 0. The van der Waals surface area contributed by atoms with E-state index in [2.05, 4.69) is 6.58 Å². The van der Waals surface area contributed by atoms with Gasteiger partial charge in [0.2, 0.25) is 0 Å². The van der Waals surface area contributed by atoms with E-state index < -0.39 is 0 Å². The van der Waals surface area contributed by atoms with Gasteiger partial charge in [-0.05, 0) is 20.3 Å².